The lowest BCUT2D eigenvalue weighted by Crippen LogP contribution is -2.03. The van der Waals surface area contributed by atoms with Crippen LogP contribution in [0, 0.1) is 60.7 Å². The van der Waals surface area contributed by atoms with Gasteiger partial charge in [0.15, 0.2) is 23.0 Å². The van der Waals surface area contributed by atoms with E-state index < -0.39 is 0 Å². The second-order valence-electron chi connectivity index (χ2n) is 32.4. The average Bonchev–Trinajstić information content (AvgIpc) is 0.891. The van der Waals surface area contributed by atoms with Crippen LogP contribution >= 0.6 is 45.3 Å². The zero-order valence-electron chi connectivity index (χ0n) is 73.7. The smallest absolute Gasteiger partial charge is 0.161 e. The summed E-state index contributed by atoms with van der Waals surface area (Å²) >= 11 is 6.60. The normalized spacial score (nSPS) is 11.3. The maximum atomic E-state index is 7.00. The predicted octanol–water partition coefficient (Wildman–Crippen LogP) is 33.9. The highest BCUT2D eigenvalue weighted by atomic mass is 32.1. The van der Waals surface area contributed by atoms with Crippen molar-refractivity contribution in [1.29, 1.82) is 0 Å². The number of rotatable bonds is 48. The number of thiophene rings is 4. The van der Waals surface area contributed by atoms with Crippen LogP contribution in [0.2, 0.25) is 0 Å². The van der Waals surface area contributed by atoms with Crippen molar-refractivity contribution in [3.05, 3.63) is 182 Å². The van der Waals surface area contributed by atoms with E-state index in [2.05, 4.69) is 237 Å². The third-order valence-electron chi connectivity index (χ3n) is 22.7. The molecule has 13 aromatic rings. The molecule has 5 heterocycles. The molecular formula is C110H124O8S4. The Bertz CT molecular complexity index is 5510. The zero-order valence-corrected chi connectivity index (χ0v) is 77.0. The van der Waals surface area contributed by atoms with Crippen LogP contribution < -0.4 is 37.9 Å². The minimum Gasteiger partial charge on any atom is -0.492 e. The highest BCUT2D eigenvalue weighted by Gasteiger charge is 2.22. The van der Waals surface area contributed by atoms with E-state index in [9.17, 15) is 0 Å². The molecule has 0 aliphatic rings. The van der Waals surface area contributed by atoms with Crippen molar-refractivity contribution in [1.82, 2.24) is 0 Å². The number of ether oxygens (including phenoxy) is 8. The third kappa shape index (κ3) is 24.6. The maximum Gasteiger partial charge on any atom is 0.161 e. The van der Waals surface area contributed by atoms with Gasteiger partial charge in [0.05, 0.1) is 103 Å². The van der Waals surface area contributed by atoms with Gasteiger partial charge in [0.1, 0.15) is 23.0 Å². The Kier molecular flexibility index (Phi) is 35.3. The van der Waals surface area contributed by atoms with Gasteiger partial charge in [0.2, 0.25) is 0 Å². The molecule has 0 atom stereocenters. The molecule has 0 aliphatic heterocycles. The molecule has 8 aromatic carbocycles. The lowest BCUT2D eigenvalue weighted by Gasteiger charge is -2.18. The van der Waals surface area contributed by atoms with Gasteiger partial charge in [0, 0.05) is 9.40 Å². The van der Waals surface area contributed by atoms with Crippen molar-refractivity contribution in [3.8, 4) is 46.0 Å². The highest BCUT2D eigenvalue weighted by molar-refractivity contribution is 7.30. The molecule has 0 aliphatic carbocycles. The molecule has 0 N–H and O–H groups in total. The molecule has 12 heteroatoms. The van der Waals surface area contributed by atoms with Crippen LogP contribution in [0.3, 0.4) is 0 Å². The molecule has 0 amide bonds. The van der Waals surface area contributed by atoms with Crippen LogP contribution in [-0.4, -0.2) is 52.9 Å². The van der Waals surface area contributed by atoms with E-state index in [1.54, 1.807) is 45.3 Å². The summed E-state index contributed by atoms with van der Waals surface area (Å²) in [5.41, 5.74) is 0. The van der Waals surface area contributed by atoms with Crippen LogP contribution in [0.15, 0.2) is 121 Å². The number of hydrogen-bond acceptors (Lipinski definition) is 12. The molecule has 0 spiro atoms. The van der Waals surface area contributed by atoms with E-state index in [0.29, 0.717) is 52.9 Å². The summed E-state index contributed by atoms with van der Waals surface area (Å²) in [6, 6.07) is 80.4. The Labute approximate surface area is 743 Å². The molecular weight excluding hydrogens is 1580 g/mol. The van der Waals surface area contributed by atoms with Gasteiger partial charge in [-0.1, -0.05) is 258 Å². The Hall–Kier alpha value is -9.68. The van der Waals surface area contributed by atoms with E-state index in [-0.39, 0.29) is 0 Å². The van der Waals surface area contributed by atoms with Crippen LogP contribution in [0.5, 0.6) is 46.0 Å². The fourth-order valence-electron chi connectivity index (χ4n) is 15.8. The van der Waals surface area contributed by atoms with Crippen LogP contribution in [0.25, 0.3) is 124 Å². The summed E-state index contributed by atoms with van der Waals surface area (Å²) in [6.07, 6.45) is 34.9. The highest BCUT2D eigenvalue weighted by Crippen LogP contribution is 2.48. The monoisotopic (exact) mass is 1700 g/mol. The van der Waals surface area contributed by atoms with Crippen LogP contribution in [0.4, 0.5) is 0 Å². The Morgan fingerprint density at radius 1 is 0.172 bits per heavy atom. The standard InChI is InChI=1S/C110H124O8S4/c1-9-17-25-33-59-111-101-71-93-89-67-79(101)41-45-83-49-51-85(119-83)53-54-86-52-50-84(120-86)46-42-80-68-90-92-70-82(104(114-62-36-28-20-12-4)74-96(92)100-78-108(118-66-40-32-24-16-8)106(116-64-38-30-22-14-6)76-98(100)94(90)72-102(80)112-60-34-26-18-10-2)44-48-88-56-58-110(122-88)109-57-55-87(121-109)47-43-81-69-91(89)95(73-103(81)113-61-35-27-19-11-3)99-77-107(117-65-39-31-23-15-7)105(75-97(93)99)115-63-37-29-21-13-5/h49-52,55-58,67-78H,9-40,59-66H2,1-8H3. The molecule has 0 fully saturated rings. The molecule has 0 saturated heterocycles. The topological polar surface area (TPSA) is 73.8 Å². The number of unbranched alkanes of at least 4 members (excludes halogenated alkanes) is 24. The van der Waals surface area contributed by atoms with Crippen molar-refractivity contribution in [3.63, 3.8) is 0 Å². The molecule has 0 radical (unpaired) electrons. The van der Waals surface area contributed by atoms with E-state index in [1.165, 1.54) is 25.7 Å². The Balaban J connectivity index is 1.05. The average molecular weight is 1700 g/mol. The Morgan fingerprint density at radius 3 is 0.541 bits per heavy atom. The first kappa shape index (κ1) is 90.1. The van der Waals surface area contributed by atoms with Crippen molar-refractivity contribution in [2.24, 2.45) is 0 Å². The largest absolute Gasteiger partial charge is 0.492 e. The summed E-state index contributed by atoms with van der Waals surface area (Å²) in [4.78, 5) is 0. The first-order valence-electron chi connectivity index (χ1n) is 46.3. The number of fused-ring (bicyclic) bond motifs is 19. The van der Waals surface area contributed by atoms with Gasteiger partial charge < -0.3 is 37.9 Å². The van der Waals surface area contributed by atoms with Gasteiger partial charge in [-0.3, -0.25) is 0 Å². The summed E-state index contributed by atoms with van der Waals surface area (Å²) in [5.74, 6) is 6.06. The number of benzene rings is 8. The zero-order chi connectivity index (χ0) is 84.5. The fraction of sp³-hybridized carbons (Fsp3) is 0.436. The quantitative estimate of drug-likeness (QED) is 0.0276. The van der Waals surface area contributed by atoms with Gasteiger partial charge in [-0.2, -0.15) is 0 Å². The van der Waals surface area contributed by atoms with Crippen LogP contribution in [-0.2, 0) is 0 Å². The number of hydrogen-bond donors (Lipinski definition) is 0. The molecule has 0 unspecified atom stereocenters. The van der Waals surface area contributed by atoms with Gasteiger partial charge in [0.25, 0.3) is 0 Å². The second kappa shape index (κ2) is 47.8. The Morgan fingerprint density at radius 2 is 0.336 bits per heavy atom. The minimum atomic E-state index is 0.574. The molecule has 8 nitrogen and oxygen atoms in total. The summed E-state index contributed by atoms with van der Waals surface area (Å²) in [6.45, 7) is 22.7. The van der Waals surface area contributed by atoms with Crippen molar-refractivity contribution >= 4 is 169 Å². The van der Waals surface area contributed by atoms with E-state index in [4.69, 9.17) is 37.9 Å². The fourth-order valence-corrected chi connectivity index (χ4v) is 19.0. The van der Waals surface area contributed by atoms with Crippen LogP contribution in [0.1, 0.15) is 261 Å². The van der Waals surface area contributed by atoms with Crippen molar-refractivity contribution < 1.29 is 37.9 Å². The first-order chi connectivity index (χ1) is 60.2. The first-order valence-corrected chi connectivity index (χ1v) is 49.6. The van der Waals surface area contributed by atoms with Gasteiger partial charge in [-0.05, 0) is 249 Å². The minimum absolute atomic E-state index is 0.574. The lowest BCUT2D eigenvalue weighted by atomic mass is 9.92. The van der Waals surface area contributed by atoms with Crippen molar-refractivity contribution in [2.75, 3.05) is 52.9 Å². The van der Waals surface area contributed by atoms with E-state index in [0.717, 1.165) is 350 Å². The predicted molar refractivity (Wildman–Crippen MR) is 524 cm³/mol. The molecule has 16 bridgehead atoms. The molecule has 636 valence electrons. The molecule has 5 aromatic heterocycles. The summed E-state index contributed by atoms with van der Waals surface area (Å²) in [5, 5.41) is 15.8. The third-order valence-corrected chi connectivity index (χ3v) is 26.7. The maximum absolute atomic E-state index is 7.00. The second-order valence-corrected chi connectivity index (χ2v) is 36.8. The summed E-state index contributed by atoms with van der Waals surface area (Å²) < 4.78 is 63.1. The van der Waals surface area contributed by atoms with E-state index >= 15 is 0 Å². The molecule has 0 saturated carbocycles. The van der Waals surface area contributed by atoms with E-state index in [1.807, 2.05) is 0 Å². The SMILES string of the molecule is CCCCCCOc1cc2c(cc1OCCCCCC)c1cc(OCCCCCC)c3c#cc4ccc(s4)c4ccc(c#cc5cc6c(cc5OCCCCCC)c5cc(OCCCCCC)c(OCCCCCC)cc5c5cc(OCCCCCC)c(c#cc7ccc(c#cc8ccc(c#cc9cc(c2cc9OCCCCCC)c1c3)s8)s7)cc56)s4. The van der Waals surface area contributed by atoms with Gasteiger partial charge >= 0.3 is 0 Å². The van der Waals surface area contributed by atoms with Gasteiger partial charge in [-0.15, -0.1) is 45.3 Å². The van der Waals surface area contributed by atoms with Crippen molar-refractivity contribution in [2.45, 2.75) is 261 Å². The molecule has 13 rings (SSSR count). The summed E-state index contributed by atoms with van der Waals surface area (Å²) in [7, 11) is 0. The van der Waals surface area contributed by atoms with Gasteiger partial charge in [-0.25, -0.2) is 0 Å². The molecule has 122 heavy (non-hydrogen) atoms. The lowest BCUT2D eigenvalue weighted by molar-refractivity contribution is 0.259.